The molecule has 1 aromatic heterocycles. The zero-order valence-corrected chi connectivity index (χ0v) is 18.8. The van der Waals surface area contributed by atoms with E-state index in [9.17, 15) is 14.7 Å². The molecule has 3 rings (SSSR count). The van der Waals surface area contributed by atoms with E-state index in [0.717, 1.165) is 42.7 Å². The van der Waals surface area contributed by atoms with Crippen molar-refractivity contribution in [1.29, 1.82) is 0 Å². The van der Waals surface area contributed by atoms with Gasteiger partial charge >= 0.3 is 0 Å². The third-order valence-electron chi connectivity index (χ3n) is 5.98. The van der Waals surface area contributed by atoms with Crippen LogP contribution in [0.4, 0.5) is 0 Å². The molecule has 0 bridgehead atoms. The van der Waals surface area contributed by atoms with Gasteiger partial charge in [-0.2, -0.15) is 0 Å². The van der Waals surface area contributed by atoms with E-state index in [2.05, 4.69) is 23.7 Å². The SMILES string of the molecule is CCN(CC)CCCN1C(=O)C(=O)C(=C(O)c2cc(C)ccc2C)[C@@H]1c1ccncc1. The number of benzene rings is 1. The number of aryl methyl sites for hydroxylation is 2. The first-order valence-electron chi connectivity index (χ1n) is 10.9. The molecule has 2 heterocycles. The number of pyridine rings is 1. The quantitative estimate of drug-likeness (QED) is 0.398. The number of hydrogen-bond donors (Lipinski definition) is 1. The number of rotatable bonds is 8. The molecule has 1 aromatic carbocycles. The maximum absolute atomic E-state index is 13.1. The highest BCUT2D eigenvalue weighted by Gasteiger charge is 2.45. The van der Waals surface area contributed by atoms with E-state index in [-0.39, 0.29) is 11.3 Å². The molecule has 0 unspecified atom stereocenters. The van der Waals surface area contributed by atoms with Crippen molar-refractivity contribution in [2.75, 3.05) is 26.2 Å². The lowest BCUT2D eigenvalue weighted by Crippen LogP contribution is -2.33. The largest absolute Gasteiger partial charge is 0.507 e. The minimum Gasteiger partial charge on any atom is -0.507 e. The summed E-state index contributed by atoms with van der Waals surface area (Å²) in [6.07, 6.45) is 4.03. The van der Waals surface area contributed by atoms with Gasteiger partial charge in [-0.3, -0.25) is 14.6 Å². The second kappa shape index (κ2) is 9.88. The average Bonchev–Trinajstić information content (AvgIpc) is 3.03. The van der Waals surface area contributed by atoms with Crippen LogP contribution in [-0.2, 0) is 9.59 Å². The number of aromatic nitrogens is 1. The number of nitrogens with zero attached hydrogens (tertiary/aromatic N) is 3. The zero-order valence-electron chi connectivity index (χ0n) is 18.8. The Morgan fingerprint density at radius 1 is 1.10 bits per heavy atom. The number of carbonyl (C=O) groups excluding carboxylic acids is 2. The number of hydrogen-bond acceptors (Lipinski definition) is 5. The molecule has 1 fully saturated rings. The van der Waals surface area contributed by atoms with E-state index in [1.165, 1.54) is 0 Å². The van der Waals surface area contributed by atoms with E-state index in [1.807, 2.05) is 32.0 Å². The van der Waals surface area contributed by atoms with Gasteiger partial charge in [0.25, 0.3) is 11.7 Å². The highest BCUT2D eigenvalue weighted by Crippen LogP contribution is 2.39. The molecule has 1 aliphatic rings. The van der Waals surface area contributed by atoms with Crippen molar-refractivity contribution >= 4 is 17.4 Å². The van der Waals surface area contributed by atoms with Crippen molar-refractivity contribution < 1.29 is 14.7 Å². The predicted molar refractivity (Wildman–Crippen MR) is 122 cm³/mol. The second-order valence-corrected chi connectivity index (χ2v) is 7.97. The van der Waals surface area contributed by atoms with Gasteiger partial charge in [-0.05, 0) is 69.2 Å². The van der Waals surface area contributed by atoms with Gasteiger partial charge in [0.05, 0.1) is 11.6 Å². The van der Waals surface area contributed by atoms with Gasteiger partial charge in [0.15, 0.2) is 0 Å². The van der Waals surface area contributed by atoms with Crippen LogP contribution in [-0.4, -0.2) is 57.8 Å². The van der Waals surface area contributed by atoms with Crippen LogP contribution in [0.3, 0.4) is 0 Å². The summed E-state index contributed by atoms with van der Waals surface area (Å²) in [6.45, 7) is 11.2. The summed E-state index contributed by atoms with van der Waals surface area (Å²) in [6, 6.07) is 8.68. The molecule has 1 amide bonds. The lowest BCUT2D eigenvalue weighted by atomic mass is 9.93. The molecule has 0 saturated carbocycles. The third kappa shape index (κ3) is 4.69. The molecule has 6 heteroatoms. The van der Waals surface area contributed by atoms with Crippen LogP contribution in [0.15, 0.2) is 48.3 Å². The van der Waals surface area contributed by atoms with E-state index in [1.54, 1.807) is 29.4 Å². The summed E-state index contributed by atoms with van der Waals surface area (Å²) >= 11 is 0. The monoisotopic (exact) mass is 421 g/mol. The third-order valence-corrected chi connectivity index (χ3v) is 5.98. The van der Waals surface area contributed by atoms with Crippen molar-refractivity contribution in [1.82, 2.24) is 14.8 Å². The molecular formula is C25H31N3O3. The van der Waals surface area contributed by atoms with Crippen LogP contribution in [0.2, 0.25) is 0 Å². The van der Waals surface area contributed by atoms with Crippen LogP contribution < -0.4 is 0 Å². The first-order valence-corrected chi connectivity index (χ1v) is 10.9. The summed E-state index contributed by atoms with van der Waals surface area (Å²) in [5.74, 6) is -1.32. The predicted octanol–water partition coefficient (Wildman–Crippen LogP) is 3.85. The zero-order chi connectivity index (χ0) is 22.5. The number of aliphatic hydroxyl groups is 1. The first kappa shape index (κ1) is 22.7. The first-order chi connectivity index (χ1) is 14.9. The molecule has 1 N–H and O–H groups in total. The molecule has 1 saturated heterocycles. The van der Waals surface area contributed by atoms with Gasteiger partial charge in [-0.1, -0.05) is 31.5 Å². The van der Waals surface area contributed by atoms with E-state index < -0.39 is 17.7 Å². The maximum atomic E-state index is 13.1. The normalized spacial score (nSPS) is 18.2. The Kier molecular flexibility index (Phi) is 7.23. The second-order valence-electron chi connectivity index (χ2n) is 7.97. The Hall–Kier alpha value is -2.99. The van der Waals surface area contributed by atoms with Crippen molar-refractivity contribution in [3.8, 4) is 0 Å². The fourth-order valence-corrected chi connectivity index (χ4v) is 4.14. The summed E-state index contributed by atoms with van der Waals surface area (Å²) < 4.78 is 0. The molecular weight excluding hydrogens is 390 g/mol. The standard InChI is InChI=1S/C25H31N3O3/c1-5-27(6-2)14-7-15-28-22(19-10-12-26-13-11-19)21(24(30)25(28)31)23(29)20-16-17(3)8-9-18(20)4/h8-13,16,22,29H,5-7,14-15H2,1-4H3/t22-/m0/s1. The Balaban J connectivity index is 2.04. The van der Waals surface area contributed by atoms with Gasteiger partial charge in [0.1, 0.15) is 5.76 Å². The lowest BCUT2D eigenvalue weighted by molar-refractivity contribution is -0.140. The van der Waals surface area contributed by atoms with Gasteiger partial charge in [0.2, 0.25) is 0 Å². The number of Topliss-reactive ketones (excluding diaryl/α,β-unsaturated/α-hetero) is 1. The van der Waals surface area contributed by atoms with Crippen LogP contribution in [0.1, 0.15) is 48.6 Å². The van der Waals surface area contributed by atoms with E-state index in [0.29, 0.717) is 12.1 Å². The van der Waals surface area contributed by atoms with Crippen molar-refractivity contribution in [3.63, 3.8) is 0 Å². The molecule has 0 aliphatic carbocycles. The molecule has 0 spiro atoms. The fourth-order valence-electron chi connectivity index (χ4n) is 4.14. The minimum atomic E-state index is -0.636. The lowest BCUT2D eigenvalue weighted by Gasteiger charge is -2.26. The number of amides is 1. The number of ketones is 1. The van der Waals surface area contributed by atoms with E-state index >= 15 is 0 Å². The summed E-state index contributed by atoms with van der Waals surface area (Å²) in [5, 5.41) is 11.2. The molecule has 31 heavy (non-hydrogen) atoms. The van der Waals surface area contributed by atoms with Gasteiger partial charge in [-0.15, -0.1) is 0 Å². The highest BCUT2D eigenvalue weighted by atomic mass is 16.3. The van der Waals surface area contributed by atoms with Crippen molar-refractivity contribution in [2.24, 2.45) is 0 Å². The Morgan fingerprint density at radius 2 is 1.77 bits per heavy atom. The summed E-state index contributed by atoms with van der Waals surface area (Å²) in [4.78, 5) is 34.0. The topological polar surface area (TPSA) is 73.7 Å². The molecule has 6 nitrogen and oxygen atoms in total. The molecule has 1 aliphatic heterocycles. The van der Waals surface area contributed by atoms with Gasteiger partial charge < -0.3 is 14.9 Å². The smallest absolute Gasteiger partial charge is 0.295 e. The number of likely N-dealkylation sites (tertiary alicyclic amines) is 1. The molecule has 164 valence electrons. The minimum absolute atomic E-state index is 0.118. The summed E-state index contributed by atoms with van der Waals surface area (Å²) in [7, 11) is 0. The molecule has 2 aromatic rings. The van der Waals surface area contributed by atoms with Gasteiger partial charge in [-0.25, -0.2) is 0 Å². The van der Waals surface area contributed by atoms with Crippen molar-refractivity contribution in [3.05, 3.63) is 70.6 Å². The van der Waals surface area contributed by atoms with Gasteiger partial charge in [0, 0.05) is 24.5 Å². The number of aliphatic hydroxyl groups excluding tert-OH is 1. The molecule has 0 radical (unpaired) electrons. The Bertz CT molecular complexity index is 981. The van der Waals surface area contributed by atoms with Crippen LogP contribution in [0.5, 0.6) is 0 Å². The summed E-state index contributed by atoms with van der Waals surface area (Å²) in [5.41, 5.74) is 3.32. The molecule has 1 atom stereocenters. The number of carbonyl (C=O) groups is 2. The van der Waals surface area contributed by atoms with Crippen LogP contribution in [0, 0.1) is 13.8 Å². The Labute approximate surface area is 184 Å². The van der Waals surface area contributed by atoms with E-state index in [4.69, 9.17) is 0 Å². The van der Waals surface area contributed by atoms with Crippen LogP contribution in [0.25, 0.3) is 5.76 Å². The Morgan fingerprint density at radius 3 is 2.42 bits per heavy atom. The van der Waals surface area contributed by atoms with Crippen LogP contribution >= 0.6 is 0 Å². The fraction of sp³-hybridized carbons (Fsp3) is 0.400. The average molecular weight is 422 g/mol. The highest BCUT2D eigenvalue weighted by molar-refractivity contribution is 6.46. The maximum Gasteiger partial charge on any atom is 0.295 e. The van der Waals surface area contributed by atoms with Crippen molar-refractivity contribution in [2.45, 2.75) is 40.2 Å².